The van der Waals surface area contributed by atoms with Gasteiger partial charge in [-0.15, -0.1) is 0 Å². The van der Waals surface area contributed by atoms with Gasteiger partial charge in [0.2, 0.25) is 0 Å². The SMILES string of the molecule is CCc1ccc(OCC(=O)NC(C)COc2ccc(OC)cc2)c(Br)c1. The van der Waals surface area contributed by atoms with Crippen LogP contribution >= 0.6 is 15.9 Å². The maximum atomic E-state index is 12.0. The lowest BCUT2D eigenvalue weighted by Crippen LogP contribution is -2.39. The van der Waals surface area contributed by atoms with Crippen molar-refractivity contribution in [3.05, 3.63) is 52.5 Å². The molecule has 0 fully saturated rings. The summed E-state index contributed by atoms with van der Waals surface area (Å²) in [5, 5.41) is 2.86. The third-order valence-electron chi connectivity index (χ3n) is 3.73. The lowest BCUT2D eigenvalue weighted by molar-refractivity contribution is -0.123. The van der Waals surface area contributed by atoms with Gasteiger partial charge in [0.05, 0.1) is 17.6 Å². The average molecular weight is 422 g/mol. The molecule has 1 N–H and O–H groups in total. The summed E-state index contributed by atoms with van der Waals surface area (Å²) in [4.78, 5) is 12.0. The highest BCUT2D eigenvalue weighted by molar-refractivity contribution is 9.10. The van der Waals surface area contributed by atoms with Gasteiger partial charge in [-0.1, -0.05) is 13.0 Å². The Morgan fingerprint density at radius 1 is 1.12 bits per heavy atom. The number of amides is 1. The van der Waals surface area contributed by atoms with Gasteiger partial charge in [0.25, 0.3) is 5.91 Å². The van der Waals surface area contributed by atoms with Crippen LogP contribution in [0, 0.1) is 0 Å². The number of methoxy groups -OCH3 is 1. The third-order valence-corrected chi connectivity index (χ3v) is 4.35. The normalized spacial score (nSPS) is 11.5. The van der Waals surface area contributed by atoms with Crippen LogP contribution in [0.5, 0.6) is 17.2 Å². The molecule has 0 bridgehead atoms. The van der Waals surface area contributed by atoms with Crippen LogP contribution in [-0.2, 0) is 11.2 Å². The highest BCUT2D eigenvalue weighted by Crippen LogP contribution is 2.26. The zero-order chi connectivity index (χ0) is 18.9. The van der Waals surface area contributed by atoms with Crippen molar-refractivity contribution in [2.45, 2.75) is 26.3 Å². The van der Waals surface area contributed by atoms with Gasteiger partial charge >= 0.3 is 0 Å². The molecule has 1 atom stereocenters. The molecule has 0 saturated heterocycles. The fraction of sp³-hybridized carbons (Fsp3) is 0.350. The second-order valence-corrected chi connectivity index (χ2v) is 6.72. The van der Waals surface area contributed by atoms with E-state index in [2.05, 4.69) is 28.2 Å². The number of nitrogens with one attached hydrogen (secondary N) is 1. The number of benzene rings is 2. The quantitative estimate of drug-likeness (QED) is 0.664. The second-order valence-electron chi connectivity index (χ2n) is 5.86. The molecule has 0 aliphatic rings. The van der Waals surface area contributed by atoms with Gasteiger partial charge in [-0.05, 0) is 71.2 Å². The van der Waals surface area contributed by atoms with E-state index in [0.29, 0.717) is 12.4 Å². The maximum absolute atomic E-state index is 12.0. The lowest BCUT2D eigenvalue weighted by Gasteiger charge is -2.16. The topological polar surface area (TPSA) is 56.8 Å². The van der Waals surface area contributed by atoms with Crippen molar-refractivity contribution in [1.29, 1.82) is 0 Å². The number of rotatable bonds is 9. The Balaban J connectivity index is 1.74. The number of aryl methyl sites for hydroxylation is 1. The van der Waals surface area contributed by atoms with E-state index in [-0.39, 0.29) is 18.6 Å². The molecule has 1 amide bonds. The van der Waals surface area contributed by atoms with Gasteiger partial charge in [0.15, 0.2) is 6.61 Å². The maximum Gasteiger partial charge on any atom is 0.258 e. The molecule has 0 heterocycles. The van der Waals surface area contributed by atoms with E-state index in [1.54, 1.807) is 7.11 Å². The number of carbonyl (C=O) groups excluding carboxylic acids is 1. The lowest BCUT2D eigenvalue weighted by atomic mass is 10.2. The van der Waals surface area contributed by atoms with Gasteiger partial charge in [0, 0.05) is 0 Å². The Labute approximate surface area is 162 Å². The van der Waals surface area contributed by atoms with E-state index in [4.69, 9.17) is 14.2 Å². The molecule has 0 aromatic heterocycles. The molecular weight excluding hydrogens is 398 g/mol. The number of hydrogen-bond acceptors (Lipinski definition) is 4. The predicted molar refractivity (Wildman–Crippen MR) is 105 cm³/mol. The van der Waals surface area contributed by atoms with Gasteiger partial charge < -0.3 is 19.5 Å². The number of halogens is 1. The summed E-state index contributed by atoms with van der Waals surface area (Å²) in [5.41, 5.74) is 1.21. The summed E-state index contributed by atoms with van der Waals surface area (Å²) in [5.74, 6) is 1.96. The van der Waals surface area contributed by atoms with Gasteiger partial charge in [-0.25, -0.2) is 0 Å². The first-order valence-corrected chi connectivity index (χ1v) is 9.28. The molecule has 140 valence electrons. The average Bonchev–Trinajstić information content (AvgIpc) is 2.65. The Bertz CT molecular complexity index is 718. The zero-order valence-corrected chi connectivity index (χ0v) is 16.8. The van der Waals surface area contributed by atoms with E-state index < -0.39 is 0 Å². The fourth-order valence-corrected chi connectivity index (χ4v) is 2.82. The molecule has 6 heteroatoms. The van der Waals surface area contributed by atoms with E-state index in [0.717, 1.165) is 22.4 Å². The van der Waals surface area contributed by atoms with Crippen LogP contribution in [-0.4, -0.2) is 32.3 Å². The molecule has 2 aromatic carbocycles. The van der Waals surface area contributed by atoms with Gasteiger partial charge in [-0.2, -0.15) is 0 Å². The molecule has 26 heavy (non-hydrogen) atoms. The van der Waals surface area contributed by atoms with Crippen molar-refractivity contribution in [3.63, 3.8) is 0 Å². The summed E-state index contributed by atoms with van der Waals surface area (Å²) >= 11 is 3.46. The minimum absolute atomic E-state index is 0.0447. The van der Waals surface area contributed by atoms with Crippen LogP contribution in [0.25, 0.3) is 0 Å². The van der Waals surface area contributed by atoms with Crippen molar-refractivity contribution in [2.24, 2.45) is 0 Å². The van der Waals surface area contributed by atoms with E-state index in [1.165, 1.54) is 5.56 Å². The fourth-order valence-electron chi connectivity index (χ4n) is 2.28. The van der Waals surface area contributed by atoms with Crippen LogP contribution in [0.3, 0.4) is 0 Å². The van der Waals surface area contributed by atoms with Crippen molar-refractivity contribution >= 4 is 21.8 Å². The summed E-state index contributed by atoms with van der Waals surface area (Å²) in [6.07, 6.45) is 0.949. The minimum Gasteiger partial charge on any atom is -0.497 e. The minimum atomic E-state index is -0.192. The van der Waals surface area contributed by atoms with Crippen LogP contribution in [0.1, 0.15) is 19.4 Å². The summed E-state index contributed by atoms with van der Waals surface area (Å²) < 4.78 is 17.2. The van der Waals surface area contributed by atoms with E-state index >= 15 is 0 Å². The highest BCUT2D eigenvalue weighted by Gasteiger charge is 2.10. The molecule has 2 rings (SSSR count). The summed E-state index contributed by atoms with van der Waals surface area (Å²) in [6, 6.07) is 13.0. The Morgan fingerprint density at radius 3 is 2.42 bits per heavy atom. The van der Waals surface area contributed by atoms with Crippen LogP contribution in [0.4, 0.5) is 0 Å². The number of carbonyl (C=O) groups is 1. The molecule has 0 spiro atoms. The molecular formula is C20H24BrNO4. The van der Waals surface area contributed by atoms with Crippen molar-refractivity contribution in [1.82, 2.24) is 5.32 Å². The Hall–Kier alpha value is -2.21. The smallest absolute Gasteiger partial charge is 0.258 e. The van der Waals surface area contributed by atoms with Crippen molar-refractivity contribution < 1.29 is 19.0 Å². The van der Waals surface area contributed by atoms with E-state index in [1.807, 2.05) is 49.4 Å². The summed E-state index contributed by atoms with van der Waals surface area (Å²) in [6.45, 7) is 4.29. The number of hydrogen-bond donors (Lipinski definition) is 1. The second kappa shape index (κ2) is 10.1. The largest absolute Gasteiger partial charge is 0.497 e. The molecule has 0 radical (unpaired) electrons. The van der Waals surface area contributed by atoms with Gasteiger partial charge in [-0.3, -0.25) is 4.79 Å². The van der Waals surface area contributed by atoms with E-state index in [9.17, 15) is 4.79 Å². The molecule has 0 saturated carbocycles. The first-order chi connectivity index (χ1) is 12.5. The van der Waals surface area contributed by atoms with Crippen molar-refractivity contribution in [2.75, 3.05) is 20.3 Å². The van der Waals surface area contributed by atoms with Gasteiger partial charge in [0.1, 0.15) is 23.9 Å². The molecule has 1 unspecified atom stereocenters. The first kappa shape index (κ1) is 20.1. The standard InChI is InChI=1S/C20H24BrNO4/c1-4-15-5-10-19(18(21)11-15)26-13-20(23)22-14(2)12-25-17-8-6-16(24-3)7-9-17/h5-11,14H,4,12-13H2,1-3H3,(H,22,23). The van der Waals surface area contributed by atoms with Crippen LogP contribution in [0.15, 0.2) is 46.9 Å². The zero-order valence-electron chi connectivity index (χ0n) is 15.3. The Morgan fingerprint density at radius 2 is 1.81 bits per heavy atom. The first-order valence-electron chi connectivity index (χ1n) is 8.49. The van der Waals surface area contributed by atoms with Crippen molar-refractivity contribution in [3.8, 4) is 17.2 Å². The molecule has 5 nitrogen and oxygen atoms in total. The highest BCUT2D eigenvalue weighted by atomic mass is 79.9. The molecule has 2 aromatic rings. The number of ether oxygens (including phenoxy) is 3. The Kier molecular flexibility index (Phi) is 7.78. The third kappa shape index (κ3) is 6.26. The summed E-state index contributed by atoms with van der Waals surface area (Å²) in [7, 11) is 1.62. The van der Waals surface area contributed by atoms with Crippen LogP contribution in [0.2, 0.25) is 0 Å². The predicted octanol–water partition coefficient (Wildman–Crippen LogP) is 3.98. The van der Waals surface area contributed by atoms with Crippen LogP contribution < -0.4 is 19.5 Å². The monoisotopic (exact) mass is 421 g/mol. The molecule has 0 aliphatic carbocycles. The molecule has 0 aliphatic heterocycles.